The number of ketones is 1. The van der Waals surface area contributed by atoms with Crippen molar-refractivity contribution in [1.29, 1.82) is 5.26 Å². The normalized spacial score (nSPS) is 23.8. The molecule has 1 N–H and O–H groups in total. The third-order valence-electron chi connectivity index (χ3n) is 2.96. The number of hydrogen-bond acceptors (Lipinski definition) is 3. The molecule has 1 atom stereocenters. The highest BCUT2D eigenvalue weighted by Crippen LogP contribution is 2.34. The summed E-state index contributed by atoms with van der Waals surface area (Å²) in [6.07, 6.45) is 1.59. The molecule has 5 heteroatoms. The second-order valence-electron chi connectivity index (χ2n) is 3.82. The van der Waals surface area contributed by atoms with E-state index in [1.54, 1.807) is 6.07 Å². The lowest BCUT2D eigenvalue weighted by Gasteiger charge is -2.34. The zero-order valence-corrected chi connectivity index (χ0v) is 8.98. The largest absolute Gasteiger partial charge is 0.465 e. The van der Waals surface area contributed by atoms with E-state index in [1.807, 2.05) is 0 Å². The first-order valence-corrected chi connectivity index (χ1v) is 5.10. The van der Waals surface area contributed by atoms with Gasteiger partial charge in [-0.1, -0.05) is 6.08 Å². The van der Waals surface area contributed by atoms with Crippen LogP contribution in [0.3, 0.4) is 0 Å². The van der Waals surface area contributed by atoms with Gasteiger partial charge in [0.1, 0.15) is 5.54 Å². The van der Waals surface area contributed by atoms with Gasteiger partial charge in [0.25, 0.3) is 0 Å². The van der Waals surface area contributed by atoms with Gasteiger partial charge in [0.2, 0.25) is 0 Å². The Labute approximate surface area is 94.0 Å². The number of carbonyl (C=O) groups excluding carboxylic acids is 1. The molecule has 1 aliphatic heterocycles. The molecule has 1 heterocycles. The fraction of sp³-hybridized carbons (Fsp3) is 0.545. The summed E-state index contributed by atoms with van der Waals surface area (Å²) in [7, 11) is 0. The molecule has 0 saturated carbocycles. The molecule has 0 aliphatic carbocycles. The maximum absolute atomic E-state index is 11.9. The molecule has 0 aromatic carbocycles. The van der Waals surface area contributed by atoms with Gasteiger partial charge >= 0.3 is 6.09 Å². The highest BCUT2D eigenvalue weighted by atomic mass is 16.4. The predicted molar refractivity (Wildman–Crippen MR) is 56.7 cm³/mol. The zero-order valence-electron chi connectivity index (χ0n) is 8.98. The Morgan fingerprint density at radius 2 is 2.31 bits per heavy atom. The van der Waals surface area contributed by atoms with Crippen molar-refractivity contribution in [2.45, 2.75) is 31.2 Å². The van der Waals surface area contributed by atoms with E-state index in [9.17, 15) is 9.59 Å². The van der Waals surface area contributed by atoms with E-state index >= 15 is 0 Å². The first-order valence-electron chi connectivity index (χ1n) is 5.10. The maximum atomic E-state index is 11.9. The summed E-state index contributed by atoms with van der Waals surface area (Å²) in [5, 5.41) is 17.6. The van der Waals surface area contributed by atoms with Crippen LogP contribution in [-0.4, -0.2) is 34.0 Å². The Hall–Kier alpha value is -1.83. The van der Waals surface area contributed by atoms with Crippen LogP contribution in [0.25, 0.3) is 0 Å². The second-order valence-corrected chi connectivity index (χ2v) is 3.82. The Bertz CT molecular complexity index is 359. The summed E-state index contributed by atoms with van der Waals surface area (Å²) in [4.78, 5) is 24.1. The fourth-order valence-corrected chi connectivity index (χ4v) is 2.25. The molecule has 1 amide bonds. The number of rotatable bonds is 4. The first kappa shape index (κ1) is 12.2. The summed E-state index contributed by atoms with van der Waals surface area (Å²) < 4.78 is 0. The average molecular weight is 222 g/mol. The molecule has 1 rings (SSSR count). The quantitative estimate of drug-likeness (QED) is 0.732. The molecule has 1 aliphatic rings. The molecule has 16 heavy (non-hydrogen) atoms. The van der Waals surface area contributed by atoms with E-state index in [4.69, 9.17) is 10.4 Å². The zero-order chi connectivity index (χ0) is 12.2. The van der Waals surface area contributed by atoms with Gasteiger partial charge in [-0.2, -0.15) is 5.26 Å². The van der Waals surface area contributed by atoms with Crippen molar-refractivity contribution in [1.82, 2.24) is 4.90 Å². The van der Waals surface area contributed by atoms with Crippen molar-refractivity contribution in [2.24, 2.45) is 0 Å². The Kier molecular flexibility index (Phi) is 3.67. The first-order chi connectivity index (χ1) is 7.58. The number of Topliss-reactive ketones (excluding diaryl/α,β-unsaturated/α-hetero) is 1. The molecular weight excluding hydrogens is 208 g/mol. The van der Waals surface area contributed by atoms with Crippen molar-refractivity contribution in [3.63, 3.8) is 0 Å². The van der Waals surface area contributed by atoms with Gasteiger partial charge in [-0.3, -0.25) is 9.69 Å². The smallest absolute Gasteiger partial charge is 0.408 e. The van der Waals surface area contributed by atoms with Crippen molar-refractivity contribution >= 4 is 11.9 Å². The van der Waals surface area contributed by atoms with Crippen molar-refractivity contribution in [2.75, 3.05) is 6.54 Å². The van der Waals surface area contributed by atoms with Crippen LogP contribution in [0.1, 0.15) is 25.7 Å². The monoisotopic (exact) mass is 222 g/mol. The Morgan fingerprint density at radius 3 is 2.81 bits per heavy atom. The Morgan fingerprint density at radius 1 is 1.62 bits per heavy atom. The van der Waals surface area contributed by atoms with Crippen molar-refractivity contribution in [3.8, 4) is 6.07 Å². The van der Waals surface area contributed by atoms with Gasteiger partial charge in [-0.25, -0.2) is 4.79 Å². The SMILES string of the molecule is C=CCC1(C(=O)CC#N)CCCN1C(=O)O. The van der Waals surface area contributed by atoms with Crippen LogP contribution in [-0.2, 0) is 4.79 Å². The van der Waals surface area contributed by atoms with Gasteiger partial charge in [0.05, 0.1) is 12.5 Å². The number of likely N-dealkylation sites (tertiary alicyclic amines) is 1. The van der Waals surface area contributed by atoms with Crippen LogP contribution >= 0.6 is 0 Å². The standard InChI is InChI=1S/C11H14N2O3/c1-2-5-11(9(14)4-7-12)6-3-8-13(11)10(15)16/h2H,1,3-6,8H2,(H,15,16). The molecule has 5 nitrogen and oxygen atoms in total. The average Bonchev–Trinajstić information content (AvgIpc) is 2.64. The second kappa shape index (κ2) is 4.79. The van der Waals surface area contributed by atoms with E-state index in [1.165, 1.54) is 6.08 Å². The number of nitriles is 1. The maximum Gasteiger partial charge on any atom is 0.408 e. The van der Waals surface area contributed by atoms with E-state index in [2.05, 4.69) is 6.58 Å². The van der Waals surface area contributed by atoms with Gasteiger partial charge < -0.3 is 5.11 Å². The van der Waals surface area contributed by atoms with Crippen LogP contribution in [0.15, 0.2) is 12.7 Å². The number of carboxylic acid groups (broad SMARTS) is 1. The lowest BCUT2D eigenvalue weighted by atomic mass is 9.86. The minimum Gasteiger partial charge on any atom is -0.465 e. The predicted octanol–water partition coefficient (Wildman–Crippen LogP) is 1.56. The topological polar surface area (TPSA) is 81.4 Å². The summed E-state index contributed by atoms with van der Waals surface area (Å²) >= 11 is 0. The summed E-state index contributed by atoms with van der Waals surface area (Å²) in [6.45, 7) is 3.90. The molecule has 0 aromatic heterocycles. The van der Waals surface area contributed by atoms with E-state index in [0.29, 0.717) is 19.4 Å². The van der Waals surface area contributed by atoms with Crippen LogP contribution < -0.4 is 0 Å². The van der Waals surface area contributed by atoms with E-state index < -0.39 is 11.6 Å². The Balaban J connectivity index is 3.04. The van der Waals surface area contributed by atoms with E-state index in [-0.39, 0.29) is 18.6 Å². The molecule has 0 radical (unpaired) electrons. The van der Waals surface area contributed by atoms with Crippen LogP contribution in [0.4, 0.5) is 4.79 Å². The molecule has 1 fully saturated rings. The molecule has 0 spiro atoms. The summed E-state index contributed by atoms with van der Waals surface area (Å²) in [5.74, 6) is -0.324. The summed E-state index contributed by atoms with van der Waals surface area (Å²) in [6, 6.07) is 1.78. The lowest BCUT2D eigenvalue weighted by Crippen LogP contribution is -2.52. The molecule has 86 valence electrons. The number of amides is 1. The lowest BCUT2D eigenvalue weighted by molar-refractivity contribution is -0.127. The molecular formula is C11H14N2O3. The number of nitrogens with zero attached hydrogens (tertiary/aromatic N) is 2. The molecule has 0 bridgehead atoms. The van der Waals surface area contributed by atoms with Gasteiger partial charge in [0, 0.05) is 6.54 Å². The third kappa shape index (κ3) is 1.91. The minimum atomic E-state index is -1.11. The molecule has 1 unspecified atom stereocenters. The van der Waals surface area contributed by atoms with E-state index in [0.717, 1.165) is 4.90 Å². The number of carbonyl (C=O) groups is 2. The fourth-order valence-electron chi connectivity index (χ4n) is 2.25. The van der Waals surface area contributed by atoms with Crippen LogP contribution in [0, 0.1) is 11.3 Å². The van der Waals surface area contributed by atoms with Crippen LogP contribution in [0.2, 0.25) is 0 Å². The van der Waals surface area contributed by atoms with Gasteiger partial charge in [0.15, 0.2) is 5.78 Å². The third-order valence-corrected chi connectivity index (χ3v) is 2.96. The molecule has 0 aromatic rings. The summed E-state index contributed by atoms with van der Waals surface area (Å²) in [5.41, 5.74) is -1.05. The van der Waals surface area contributed by atoms with Crippen LogP contribution in [0.5, 0.6) is 0 Å². The van der Waals surface area contributed by atoms with Gasteiger partial charge in [-0.15, -0.1) is 6.58 Å². The van der Waals surface area contributed by atoms with Crippen molar-refractivity contribution < 1.29 is 14.7 Å². The highest BCUT2D eigenvalue weighted by molar-refractivity contribution is 5.93. The highest BCUT2D eigenvalue weighted by Gasteiger charge is 2.48. The van der Waals surface area contributed by atoms with Gasteiger partial charge in [-0.05, 0) is 19.3 Å². The number of hydrogen-bond donors (Lipinski definition) is 1. The van der Waals surface area contributed by atoms with Crippen molar-refractivity contribution in [3.05, 3.63) is 12.7 Å². The minimum absolute atomic E-state index is 0.252. The molecule has 1 saturated heterocycles.